The van der Waals surface area contributed by atoms with Crippen LogP contribution < -0.4 is 20.7 Å². The fraction of sp³-hybridized carbons (Fsp3) is 0.417. The van der Waals surface area contributed by atoms with Gasteiger partial charge in [-0.25, -0.2) is 15.0 Å². The number of piperazine rings is 2. The Balaban J connectivity index is 1.35. The van der Waals surface area contributed by atoms with Gasteiger partial charge in [0.15, 0.2) is 0 Å². The maximum Gasteiger partial charge on any atom is 0.255 e. The standard InChI is InChI=1S/C24H30N8O/c1-29-11-13-31(14-12-29)19-5-3-18(4-6-19)22-16-32(10-9-26-22)24-28-21(15-23(33)30(24)2)20-7-8-25-17-27-20/h3-8,15,17,22,26H,9-14,16H2,1-2H3/t22-/m1/s1. The zero-order chi connectivity index (χ0) is 22.8. The molecular weight excluding hydrogens is 416 g/mol. The topological polar surface area (TPSA) is 82.4 Å². The highest BCUT2D eigenvalue weighted by molar-refractivity contribution is 5.55. The summed E-state index contributed by atoms with van der Waals surface area (Å²) >= 11 is 0. The van der Waals surface area contributed by atoms with Crippen LogP contribution in [0.15, 0.2) is 53.7 Å². The number of benzene rings is 1. The predicted octanol–water partition coefficient (Wildman–Crippen LogP) is 1.14. The van der Waals surface area contributed by atoms with Gasteiger partial charge in [0.1, 0.15) is 6.33 Å². The van der Waals surface area contributed by atoms with Gasteiger partial charge in [0.2, 0.25) is 5.95 Å². The molecule has 0 bridgehead atoms. The van der Waals surface area contributed by atoms with Crippen LogP contribution in [0.4, 0.5) is 11.6 Å². The molecule has 0 spiro atoms. The van der Waals surface area contributed by atoms with Crippen LogP contribution in [0.3, 0.4) is 0 Å². The van der Waals surface area contributed by atoms with Crippen LogP contribution >= 0.6 is 0 Å². The summed E-state index contributed by atoms with van der Waals surface area (Å²) in [5.74, 6) is 0.664. The van der Waals surface area contributed by atoms with E-state index in [9.17, 15) is 4.79 Å². The molecule has 5 rings (SSSR count). The molecule has 9 heteroatoms. The fourth-order valence-electron chi connectivity index (χ4n) is 4.52. The van der Waals surface area contributed by atoms with E-state index in [4.69, 9.17) is 4.98 Å². The van der Waals surface area contributed by atoms with Gasteiger partial charge in [-0.3, -0.25) is 9.36 Å². The molecule has 1 atom stereocenters. The Morgan fingerprint density at radius 1 is 0.939 bits per heavy atom. The first-order chi connectivity index (χ1) is 16.1. The van der Waals surface area contributed by atoms with Crippen LogP contribution in [0.1, 0.15) is 11.6 Å². The Morgan fingerprint density at radius 2 is 1.73 bits per heavy atom. The van der Waals surface area contributed by atoms with Crippen molar-refractivity contribution < 1.29 is 0 Å². The average Bonchev–Trinajstić information content (AvgIpc) is 2.87. The number of nitrogens with zero attached hydrogens (tertiary/aromatic N) is 7. The van der Waals surface area contributed by atoms with Gasteiger partial charge >= 0.3 is 0 Å². The van der Waals surface area contributed by atoms with Crippen molar-refractivity contribution in [3.05, 3.63) is 64.8 Å². The zero-order valence-electron chi connectivity index (χ0n) is 19.2. The molecule has 1 N–H and O–H groups in total. The van der Waals surface area contributed by atoms with Gasteiger partial charge in [0.05, 0.1) is 11.4 Å². The molecule has 2 saturated heterocycles. The van der Waals surface area contributed by atoms with Crippen molar-refractivity contribution in [3.8, 4) is 11.4 Å². The smallest absolute Gasteiger partial charge is 0.255 e. The van der Waals surface area contributed by atoms with Crippen LogP contribution in [-0.2, 0) is 7.05 Å². The normalized spacial score (nSPS) is 19.6. The van der Waals surface area contributed by atoms with E-state index in [0.29, 0.717) is 17.3 Å². The van der Waals surface area contributed by atoms with Gasteiger partial charge in [-0.1, -0.05) is 12.1 Å². The van der Waals surface area contributed by atoms with Crippen molar-refractivity contribution in [2.45, 2.75) is 6.04 Å². The molecule has 172 valence electrons. The third-order valence-corrected chi connectivity index (χ3v) is 6.58. The monoisotopic (exact) mass is 446 g/mol. The highest BCUT2D eigenvalue weighted by Gasteiger charge is 2.24. The quantitative estimate of drug-likeness (QED) is 0.639. The van der Waals surface area contributed by atoms with Gasteiger partial charge in [-0.15, -0.1) is 0 Å². The molecular formula is C24H30N8O. The highest BCUT2D eigenvalue weighted by atomic mass is 16.1. The maximum atomic E-state index is 12.7. The second-order valence-corrected chi connectivity index (χ2v) is 8.77. The summed E-state index contributed by atoms with van der Waals surface area (Å²) in [4.78, 5) is 32.7. The molecule has 2 aliphatic rings. The molecule has 3 aromatic rings. The molecule has 9 nitrogen and oxygen atoms in total. The minimum atomic E-state index is -0.0970. The molecule has 0 aliphatic carbocycles. The number of nitrogens with one attached hydrogen (secondary N) is 1. The van der Waals surface area contributed by atoms with Gasteiger partial charge in [-0.05, 0) is 30.8 Å². The first kappa shape index (κ1) is 21.5. The molecule has 2 aromatic heterocycles. The molecule has 4 heterocycles. The van der Waals surface area contributed by atoms with Crippen molar-refractivity contribution in [2.75, 3.05) is 62.7 Å². The minimum Gasteiger partial charge on any atom is -0.369 e. The van der Waals surface area contributed by atoms with E-state index in [0.717, 1.165) is 45.8 Å². The van der Waals surface area contributed by atoms with E-state index >= 15 is 0 Å². The van der Waals surface area contributed by atoms with Gasteiger partial charge < -0.3 is 20.0 Å². The van der Waals surface area contributed by atoms with Crippen molar-refractivity contribution in [3.63, 3.8) is 0 Å². The van der Waals surface area contributed by atoms with Gasteiger partial charge in [0, 0.05) is 76.9 Å². The summed E-state index contributed by atoms with van der Waals surface area (Å²) in [5, 5.41) is 3.62. The Kier molecular flexibility index (Phi) is 6.06. The van der Waals surface area contributed by atoms with E-state index in [1.54, 1.807) is 23.9 Å². The largest absolute Gasteiger partial charge is 0.369 e. The lowest BCUT2D eigenvalue weighted by Gasteiger charge is -2.36. The number of hydrogen-bond acceptors (Lipinski definition) is 8. The summed E-state index contributed by atoms with van der Waals surface area (Å²) in [6.07, 6.45) is 3.13. The van der Waals surface area contributed by atoms with E-state index in [1.807, 2.05) is 0 Å². The van der Waals surface area contributed by atoms with Crippen LogP contribution in [0, 0.1) is 0 Å². The molecule has 0 saturated carbocycles. The Hall–Kier alpha value is -3.30. The third-order valence-electron chi connectivity index (χ3n) is 6.58. The summed E-state index contributed by atoms with van der Waals surface area (Å²) < 4.78 is 1.61. The van der Waals surface area contributed by atoms with E-state index < -0.39 is 0 Å². The Morgan fingerprint density at radius 3 is 2.45 bits per heavy atom. The molecule has 0 radical (unpaired) electrons. The third kappa shape index (κ3) is 4.60. The summed E-state index contributed by atoms with van der Waals surface area (Å²) in [7, 11) is 3.95. The van der Waals surface area contributed by atoms with E-state index in [-0.39, 0.29) is 11.6 Å². The Bertz CT molecular complexity index is 1140. The van der Waals surface area contributed by atoms with Crippen LogP contribution in [0.5, 0.6) is 0 Å². The number of likely N-dealkylation sites (N-methyl/N-ethyl adjacent to an activating group) is 1. The van der Waals surface area contributed by atoms with Gasteiger partial charge in [-0.2, -0.15) is 0 Å². The molecule has 2 fully saturated rings. The lowest BCUT2D eigenvalue weighted by Crippen LogP contribution is -2.47. The SMILES string of the molecule is CN1CCN(c2ccc([C@H]3CN(c4nc(-c5ccncn5)cc(=O)n4C)CCN3)cc2)CC1. The van der Waals surface area contributed by atoms with Gasteiger partial charge in [0.25, 0.3) is 5.56 Å². The average molecular weight is 447 g/mol. The first-order valence-electron chi connectivity index (χ1n) is 11.4. The summed E-state index contributed by atoms with van der Waals surface area (Å²) in [6, 6.07) is 12.4. The lowest BCUT2D eigenvalue weighted by molar-refractivity contribution is 0.313. The summed E-state index contributed by atoms with van der Waals surface area (Å²) in [6.45, 7) is 6.66. The second kappa shape index (κ2) is 9.29. The van der Waals surface area contributed by atoms with E-state index in [2.05, 4.69) is 61.3 Å². The predicted molar refractivity (Wildman–Crippen MR) is 130 cm³/mol. The number of aromatic nitrogens is 4. The second-order valence-electron chi connectivity index (χ2n) is 8.77. The van der Waals surface area contributed by atoms with Crippen LogP contribution in [-0.4, -0.2) is 77.3 Å². The molecule has 2 aliphatic heterocycles. The Labute approximate surface area is 193 Å². The zero-order valence-corrected chi connectivity index (χ0v) is 19.2. The minimum absolute atomic E-state index is 0.0970. The fourth-order valence-corrected chi connectivity index (χ4v) is 4.52. The maximum absolute atomic E-state index is 12.7. The first-order valence-corrected chi connectivity index (χ1v) is 11.4. The molecule has 0 unspecified atom stereocenters. The highest BCUT2D eigenvalue weighted by Crippen LogP contribution is 2.25. The van der Waals surface area contributed by atoms with Crippen molar-refractivity contribution in [1.82, 2.24) is 29.7 Å². The molecule has 0 amide bonds. The molecule has 1 aromatic carbocycles. The summed E-state index contributed by atoms with van der Waals surface area (Å²) in [5.41, 5.74) is 3.65. The number of anilines is 2. The van der Waals surface area contributed by atoms with Crippen molar-refractivity contribution in [2.24, 2.45) is 7.05 Å². The van der Waals surface area contributed by atoms with Crippen LogP contribution in [0.25, 0.3) is 11.4 Å². The molecule has 33 heavy (non-hydrogen) atoms. The van der Waals surface area contributed by atoms with Crippen molar-refractivity contribution >= 4 is 11.6 Å². The number of hydrogen-bond donors (Lipinski definition) is 1. The number of rotatable bonds is 4. The van der Waals surface area contributed by atoms with Crippen LogP contribution in [0.2, 0.25) is 0 Å². The lowest BCUT2D eigenvalue weighted by atomic mass is 10.0. The van der Waals surface area contributed by atoms with E-state index in [1.165, 1.54) is 23.6 Å². The van der Waals surface area contributed by atoms with Crippen molar-refractivity contribution in [1.29, 1.82) is 0 Å².